The Morgan fingerprint density at radius 1 is 1.07 bits per heavy atom. The van der Waals surface area contributed by atoms with E-state index in [-0.39, 0.29) is 13.2 Å². The first-order valence-corrected chi connectivity index (χ1v) is 8.65. The fourth-order valence-corrected chi connectivity index (χ4v) is 2.22. The van der Waals surface area contributed by atoms with Gasteiger partial charge in [-0.2, -0.15) is 5.10 Å². The highest BCUT2D eigenvalue weighted by Crippen LogP contribution is 2.27. The third-order valence-corrected chi connectivity index (χ3v) is 3.72. The van der Waals surface area contributed by atoms with Crippen LogP contribution in [-0.4, -0.2) is 37.7 Å². The standard InChI is InChI=1S/C20H22N4O5/c1-13-3-5-14(6-4-13)10-22-19(26)20(27)24-23-11-15-7-8-16(17(9-15)28-2)29-12-18(21)25/h3-9,11H,10,12H2,1-2H3,(H2,21,25)(H,22,26)(H,24,27)/b23-11-. The molecule has 0 fully saturated rings. The number of aryl methyl sites for hydroxylation is 1. The number of hydrazone groups is 1. The number of carbonyl (C=O) groups is 3. The molecule has 2 rings (SSSR count). The molecule has 0 saturated carbocycles. The molecule has 3 amide bonds. The van der Waals surface area contributed by atoms with E-state index < -0.39 is 17.7 Å². The summed E-state index contributed by atoms with van der Waals surface area (Å²) in [5.41, 5.74) is 9.76. The maximum atomic E-state index is 11.8. The van der Waals surface area contributed by atoms with Gasteiger partial charge in [0, 0.05) is 6.54 Å². The molecular formula is C20H22N4O5. The first-order chi connectivity index (χ1) is 13.9. The van der Waals surface area contributed by atoms with Crippen molar-refractivity contribution in [2.75, 3.05) is 13.7 Å². The van der Waals surface area contributed by atoms with Crippen LogP contribution in [0.15, 0.2) is 47.6 Å². The van der Waals surface area contributed by atoms with Crippen molar-refractivity contribution >= 4 is 23.9 Å². The molecule has 0 aliphatic heterocycles. The molecule has 2 aromatic rings. The van der Waals surface area contributed by atoms with E-state index in [9.17, 15) is 14.4 Å². The second kappa shape index (κ2) is 10.5. The van der Waals surface area contributed by atoms with Crippen LogP contribution in [0.4, 0.5) is 0 Å². The van der Waals surface area contributed by atoms with Crippen molar-refractivity contribution in [3.63, 3.8) is 0 Å². The topological polar surface area (TPSA) is 132 Å². The van der Waals surface area contributed by atoms with Crippen molar-refractivity contribution < 1.29 is 23.9 Å². The van der Waals surface area contributed by atoms with Gasteiger partial charge in [-0.3, -0.25) is 14.4 Å². The Morgan fingerprint density at radius 2 is 1.79 bits per heavy atom. The molecule has 0 atom stereocenters. The number of hydrogen-bond donors (Lipinski definition) is 3. The Balaban J connectivity index is 1.87. The number of ether oxygens (including phenoxy) is 2. The van der Waals surface area contributed by atoms with Gasteiger partial charge >= 0.3 is 11.8 Å². The highest BCUT2D eigenvalue weighted by Gasteiger charge is 2.12. The summed E-state index contributed by atoms with van der Waals surface area (Å²) < 4.78 is 10.4. The van der Waals surface area contributed by atoms with Gasteiger partial charge in [-0.25, -0.2) is 5.43 Å². The lowest BCUT2D eigenvalue weighted by molar-refractivity contribution is -0.139. The lowest BCUT2D eigenvalue weighted by Gasteiger charge is -2.09. The highest BCUT2D eigenvalue weighted by molar-refractivity contribution is 6.35. The zero-order valence-corrected chi connectivity index (χ0v) is 16.1. The van der Waals surface area contributed by atoms with Crippen LogP contribution in [0.5, 0.6) is 11.5 Å². The van der Waals surface area contributed by atoms with Crippen molar-refractivity contribution in [3.8, 4) is 11.5 Å². The van der Waals surface area contributed by atoms with E-state index in [2.05, 4.69) is 15.8 Å². The largest absolute Gasteiger partial charge is 0.493 e. The summed E-state index contributed by atoms with van der Waals surface area (Å²) in [6.45, 7) is 1.92. The molecule has 2 aromatic carbocycles. The van der Waals surface area contributed by atoms with Gasteiger partial charge in [-0.15, -0.1) is 0 Å². The monoisotopic (exact) mass is 398 g/mol. The molecule has 4 N–H and O–H groups in total. The van der Waals surface area contributed by atoms with E-state index in [4.69, 9.17) is 15.2 Å². The maximum Gasteiger partial charge on any atom is 0.329 e. The van der Waals surface area contributed by atoms with Crippen LogP contribution in [0.2, 0.25) is 0 Å². The first kappa shape index (κ1) is 21.4. The van der Waals surface area contributed by atoms with Crippen LogP contribution in [-0.2, 0) is 20.9 Å². The molecule has 0 bridgehead atoms. The molecule has 29 heavy (non-hydrogen) atoms. The summed E-state index contributed by atoms with van der Waals surface area (Å²) in [4.78, 5) is 34.4. The Bertz CT molecular complexity index is 910. The van der Waals surface area contributed by atoms with E-state index in [0.29, 0.717) is 17.1 Å². The Labute approximate surface area is 167 Å². The second-order valence-electron chi connectivity index (χ2n) is 6.03. The van der Waals surface area contributed by atoms with Crippen LogP contribution in [0.1, 0.15) is 16.7 Å². The molecule has 0 heterocycles. The third kappa shape index (κ3) is 6.98. The molecular weight excluding hydrogens is 376 g/mol. The summed E-state index contributed by atoms with van der Waals surface area (Å²) in [6, 6.07) is 12.4. The Kier molecular flexibility index (Phi) is 7.72. The minimum atomic E-state index is -0.887. The quantitative estimate of drug-likeness (QED) is 0.341. The van der Waals surface area contributed by atoms with Gasteiger partial charge in [0.15, 0.2) is 18.1 Å². The summed E-state index contributed by atoms with van der Waals surface area (Å²) in [5.74, 6) is -1.60. The minimum absolute atomic E-state index is 0.236. The highest BCUT2D eigenvalue weighted by atomic mass is 16.5. The zero-order valence-electron chi connectivity index (χ0n) is 16.1. The van der Waals surface area contributed by atoms with Crippen molar-refractivity contribution in [2.24, 2.45) is 10.8 Å². The predicted octanol–water partition coefficient (Wildman–Crippen LogP) is 0.634. The average Bonchev–Trinajstić information content (AvgIpc) is 2.71. The van der Waals surface area contributed by atoms with Gasteiger partial charge in [0.25, 0.3) is 5.91 Å². The number of methoxy groups -OCH3 is 1. The Morgan fingerprint density at radius 3 is 2.45 bits per heavy atom. The van der Waals surface area contributed by atoms with Gasteiger partial charge < -0.3 is 20.5 Å². The summed E-state index contributed by atoms with van der Waals surface area (Å²) in [7, 11) is 1.44. The van der Waals surface area contributed by atoms with Crippen molar-refractivity contribution in [1.29, 1.82) is 0 Å². The summed E-state index contributed by atoms with van der Waals surface area (Å²) >= 11 is 0. The van der Waals surface area contributed by atoms with Crippen LogP contribution in [0, 0.1) is 6.92 Å². The molecule has 0 aliphatic rings. The number of nitrogens with two attached hydrogens (primary N) is 1. The number of rotatable bonds is 8. The average molecular weight is 398 g/mol. The number of carbonyl (C=O) groups excluding carboxylic acids is 3. The molecule has 0 aliphatic carbocycles. The maximum absolute atomic E-state index is 11.8. The molecule has 0 spiro atoms. The third-order valence-electron chi connectivity index (χ3n) is 3.72. The summed E-state index contributed by atoms with van der Waals surface area (Å²) in [5, 5.41) is 6.27. The fourth-order valence-electron chi connectivity index (χ4n) is 2.22. The van der Waals surface area contributed by atoms with Gasteiger partial charge in [0.1, 0.15) is 0 Å². The molecule has 9 heteroatoms. The number of hydrogen-bond acceptors (Lipinski definition) is 6. The van der Waals surface area contributed by atoms with E-state index in [1.165, 1.54) is 13.3 Å². The molecule has 0 saturated heterocycles. The zero-order chi connectivity index (χ0) is 21.2. The molecule has 152 valence electrons. The summed E-state index contributed by atoms with van der Waals surface area (Å²) in [6.07, 6.45) is 1.34. The molecule has 0 radical (unpaired) electrons. The lowest BCUT2D eigenvalue weighted by Crippen LogP contribution is -2.37. The van der Waals surface area contributed by atoms with E-state index >= 15 is 0 Å². The van der Waals surface area contributed by atoms with Gasteiger partial charge in [-0.05, 0) is 36.2 Å². The van der Waals surface area contributed by atoms with Crippen molar-refractivity contribution in [1.82, 2.24) is 10.7 Å². The second-order valence-corrected chi connectivity index (χ2v) is 6.03. The smallest absolute Gasteiger partial charge is 0.329 e. The van der Waals surface area contributed by atoms with Gasteiger partial charge in [0.2, 0.25) is 0 Å². The molecule has 0 aromatic heterocycles. The Hall–Kier alpha value is -3.88. The number of primary amides is 1. The number of nitrogens with one attached hydrogen (secondary N) is 2. The van der Waals surface area contributed by atoms with Crippen molar-refractivity contribution in [3.05, 3.63) is 59.2 Å². The number of amides is 3. The SMILES string of the molecule is COc1cc(/C=N\NC(=O)C(=O)NCc2ccc(C)cc2)ccc1OCC(N)=O. The minimum Gasteiger partial charge on any atom is -0.493 e. The molecule has 0 unspecified atom stereocenters. The van der Waals surface area contributed by atoms with E-state index in [0.717, 1.165) is 11.1 Å². The normalized spacial score (nSPS) is 10.4. The van der Waals surface area contributed by atoms with Crippen molar-refractivity contribution in [2.45, 2.75) is 13.5 Å². The predicted molar refractivity (Wildman–Crippen MR) is 106 cm³/mol. The molecule has 9 nitrogen and oxygen atoms in total. The lowest BCUT2D eigenvalue weighted by atomic mass is 10.1. The van der Waals surface area contributed by atoms with Gasteiger partial charge in [-0.1, -0.05) is 29.8 Å². The first-order valence-electron chi connectivity index (χ1n) is 8.65. The fraction of sp³-hybridized carbons (Fsp3) is 0.200. The van der Waals surface area contributed by atoms with Crippen LogP contribution < -0.4 is 25.9 Å². The van der Waals surface area contributed by atoms with Gasteiger partial charge in [0.05, 0.1) is 13.3 Å². The van der Waals surface area contributed by atoms with E-state index in [1.54, 1.807) is 18.2 Å². The van der Waals surface area contributed by atoms with Crippen LogP contribution >= 0.6 is 0 Å². The number of benzene rings is 2. The number of nitrogens with zero attached hydrogens (tertiary/aromatic N) is 1. The van der Waals surface area contributed by atoms with E-state index in [1.807, 2.05) is 31.2 Å². The van der Waals surface area contributed by atoms with Crippen LogP contribution in [0.25, 0.3) is 0 Å². The van der Waals surface area contributed by atoms with Crippen LogP contribution in [0.3, 0.4) is 0 Å².